The lowest BCUT2D eigenvalue weighted by atomic mass is 10.2. The van der Waals surface area contributed by atoms with Gasteiger partial charge in [0, 0.05) is 16.6 Å². The largest absolute Gasteiger partial charge is 0.299 e. The number of carbonyl (C=O) groups is 1. The molecular formula is C11H14O2S. The third-order valence-corrected chi connectivity index (χ3v) is 3.16. The zero-order valence-corrected chi connectivity index (χ0v) is 9.26. The number of carbonyl (C=O) groups excluding carboxylic acids is 1. The summed E-state index contributed by atoms with van der Waals surface area (Å²) in [5.74, 6) is 0.617. The Morgan fingerprint density at radius 2 is 2.14 bits per heavy atom. The summed E-state index contributed by atoms with van der Waals surface area (Å²) in [4.78, 5) is 10.7. The molecule has 0 amide bonds. The van der Waals surface area contributed by atoms with E-state index in [0.717, 1.165) is 11.1 Å². The van der Waals surface area contributed by atoms with Crippen molar-refractivity contribution in [2.75, 3.05) is 5.75 Å². The van der Waals surface area contributed by atoms with Gasteiger partial charge in [0.15, 0.2) is 0 Å². The van der Waals surface area contributed by atoms with Gasteiger partial charge in [-0.15, -0.1) is 0 Å². The van der Waals surface area contributed by atoms with Gasteiger partial charge in [0.05, 0.1) is 5.75 Å². The van der Waals surface area contributed by atoms with Crippen LogP contribution in [0.25, 0.3) is 0 Å². The maximum atomic E-state index is 11.4. The van der Waals surface area contributed by atoms with Crippen LogP contribution in [0.2, 0.25) is 0 Å². The average Bonchev–Trinajstić information content (AvgIpc) is 2.01. The van der Waals surface area contributed by atoms with Gasteiger partial charge in [-0.05, 0) is 19.4 Å². The molecule has 0 radical (unpaired) electrons. The standard InChI is InChI=1S/C11H14O2S/c1-9-4-3-5-11(6-9)8-14(13)7-10(2)12/h3-6H,7-8H2,1-2H3. The first kappa shape index (κ1) is 11.1. The third-order valence-electron chi connectivity index (χ3n) is 1.77. The summed E-state index contributed by atoms with van der Waals surface area (Å²) in [5, 5.41) is 0. The predicted octanol–water partition coefficient (Wildman–Crippen LogP) is 1.83. The van der Waals surface area contributed by atoms with E-state index >= 15 is 0 Å². The first-order chi connectivity index (χ1) is 6.58. The van der Waals surface area contributed by atoms with Gasteiger partial charge in [0.25, 0.3) is 0 Å². The zero-order chi connectivity index (χ0) is 10.6. The summed E-state index contributed by atoms with van der Waals surface area (Å²) in [6, 6.07) is 7.87. The van der Waals surface area contributed by atoms with E-state index in [1.807, 2.05) is 31.2 Å². The monoisotopic (exact) mass is 210 g/mol. The van der Waals surface area contributed by atoms with Crippen LogP contribution in [-0.4, -0.2) is 15.7 Å². The highest BCUT2D eigenvalue weighted by atomic mass is 32.2. The Bertz CT molecular complexity index is 358. The maximum Gasteiger partial charge on any atom is 0.142 e. The summed E-state index contributed by atoms with van der Waals surface area (Å²) >= 11 is 0. The lowest BCUT2D eigenvalue weighted by Gasteiger charge is -2.01. The van der Waals surface area contributed by atoms with Gasteiger partial charge in [0.1, 0.15) is 5.78 Å². The Balaban J connectivity index is 2.60. The molecule has 1 unspecified atom stereocenters. The third kappa shape index (κ3) is 3.83. The molecule has 14 heavy (non-hydrogen) atoms. The first-order valence-corrected chi connectivity index (χ1v) is 5.96. The molecule has 0 bridgehead atoms. The quantitative estimate of drug-likeness (QED) is 0.759. The van der Waals surface area contributed by atoms with Crippen molar-refractivity contribution in [3.05, 3.63) is 35.4 Å². The molecule has 0 fully saturated rings. The van der Waals surface area contributed by atoms with Crippen LogP contribution in [0.1, 0.15) is 18.1 Å². The number of ketones is 1. The average molecular weight is 210 g/mol. The van der Waals surface area contributed by atoms with Crippen molar-refractivity contribution in [2.24, 2.45) is 0 Å². The Hall–Kier alpha value is -0.960. The zero-order valence-electron chi connectivity index (χ0n) is 8.45. The molecule has 0 aromatic heterocycles. The molecule has 2 nitrogen and oxygen atoms in total. The fourth-order valence-corrected chi connectivity index (χ4v) is 2.37. The van der Waals surface area contributed by atoms with E-state index < -0.39 is 10.8 Å². The maximum absolute atomic E-state index is 11.4. The van der Waals surface area contributed by atoms with Crippen LogP contribution in [0.15, 0.2) is 24.3 Å². The van der Waals surface area contributed by atoms with Gasteiger partial charge in [0.2, 0.25) is 0 Å². The van der Waals surface area contributed by atoms with E-state index in [-0.39, 0.29) is 11.5 Å². The molecule has 1 rings (SSSR count). The van der Waals surface area contributed by atoms with Crippen molar-refractivity contribution in [2.45, 2.75) is 19.6 Å². The number of rotatable bonds is 4. The fourth-order valence-electron chi connectivity index (χ4n) is 1.27. The van der Waals surface area contributed by atoms with E-state index in [4.69, 9.17) is 0 Å². The smallest absolute Gasteiger partial charge is 0.142 e. The van der Waals surface area contributed by atoms with E-state index in [2.05, 4.69) is 0 Å². The number of aryl methyl sites for hydroxylation is 1. The lowest BCUT2D eigenvalue weighted by Crippen LogP contribution is -2.08. The minimum Gasteiger partial charge on any atom is -0.299 e. The van der Waals surface area contributed by atoms with Crippen molar-refractivity contribution in [3.63, 3.8) is 0 Å². The van der Waals surface area contributed by atoms with E-state index in [9.17, 15) is 9.00 Å². The number of hydrogen-bond donors (Lipinski definition) is 0. The Morgan fingerprint density at radius 1 is 1.43 bits per heavy atom. The highest BCUT2D eigenvalue weighted by Gasteiger charge is 2.04. The van der Waals surface area contributed by atoms with Crippen molar-refractivity contribution in [1.29, 1.82) is 0 Å². The molecule has 0 heterocycles. The molecule has 1 atom stereocenters. The minimum absolute atomic E-state index is 0.0176. The minimum atomic E-state index is -1.06. The second-order valence-electron chi connectivity index (χ2n) is 3.42. The second kappa shape index (κ2) is 5.05. The molecule has 0 saturated heterocycles. The van der Waals surface area contributed by atoms with Gasteiger partial charge < -0.3 is 0 Å². The van der Waals surface area contributed by atoms with Crippen molar-refractivity contribution < 1.29 is 9.00 Å². The van der Waals surface area contributed by atoms with Crippen molar-refractivity contribution in [1.82, 2.24) is 0 Å². The molecule has 0 aliphatic heterocycles. The summed E-state index contributed by atoms with van der Waals surface area (Å²) in [5.41, 5.74) is 2.19. The normalized spacial score (nSPS) is 12.4. The van der Waals surface area contributed by atoms with Crippen LogP contribution < -0.4 is 0 Å². The van der Waals surface area contributed by atoms with Crippen LogP contribution in [-0.2, 0) is 21.3 Å². The highest BCUT2D eigenvalue weighted by Crippen LogP contribution is 2.06. The number of hydrogen-bond acceptors (Lipinski definition) is 2. The van der Waals surface area contributed by atoms with Crippen LogP contribution in [0, 0.1) is 6.92 Å². The molecule has 3 heteroatoms. The topological polar surface area (TPSA) is 34.1 Å². The molecule has 0 spiro atoms. The predicted molar refractivity (Wildman–Crippen MR) is 58.6 cm³/mol. The van der Waals surface area contributed by atoms with Crippen molar-refractivity contribution >= 4 is 16.6 Å². The van der Waals surface area contributed by atoms with Gasteiger partial charge in [-0.1, -0.05) is 29.8 Å². The Kier molecular flexibility index (Phi) is 4.01. The SMILES string of the molecule is CC(=O)CS(=O)Cc1cccc(C)c1. The molecule has 76 valence electrons. The van der Waals surface area contributed by atoms with Gasteiger partial charge >= 0.3 is 0 Å². The second-order valence-corrected chi connectivity index (χ2v) is 4.88. The van der Waals surface area contributed by atoms with Crippen LogP contribution in [0.5, 0.6) is 0 Å². The van der Waals surface area contributed by atoms with Gasteiger partial charge in [-0.3, -0.25) is 9.00 Å². The van der Waals surface area contributed by atoms with E-state index in [0.29, 0.717) is 5.75 Å². The molecule has 1 aromatic carbocycles. The number of benzene rings is 1. The summed E-state index contributed by atoms with van der Waals surface area (Å²) < 4.78 is 11.4. The first-order valence-electron chi connectivity index (χ1n) is 4.48. The van der Waals surface area contributed by atoms with Gasteiger partial charge in [-0.2, -0.15) is 0 Å². The molecule has 1 aromatic rings. The van der Waals surface area contributed by atoms with Gasteiger partial charge in [-0.25, -0.2) is 0 Å². The fraction of sp³-hybridized carbons (Fsp3) is 0.364. The van der Waals surface area contributed by atoms with Crippen LogP contribution in [0.3, 0.4) is 0 Å². The van der Waals surface area contributed by atoms with Crippen LogP contribution in [0.4, 0.5) is 0 Å². The highest BCUT2D eigenvalue weighted by molar-refractivity contribution is 7.84. The Labute approximate surface area is 86.8 Å². The molecule has 0 aliphatic carbocycles. The summed E-state index contributed by atoms with van der Waals surface area (Å²) in [7, 11) is -1.06. The lowest BCUT2D eigenvalue weighted by molar-refractivity contribution is -0.114. The van der Waals surface area contributed by atoms with Crippen molar-refractivity contribution in [3.8, 4) is 0 Å². The molecular weight excluding hydrogens is 196 g/mol. The van der Waals surface area contributed by atoms with E-state index in [1.54, 1.807) is 0 Å². The summed E-state index contributed by atoms with van der Waals surface area (Å²) in [6.45, 7) is 3.46. The molecule has 0 aliphatic rings. The summed E-state index contributed by atoms with van der Waals surface area (Å²) in [6.07, 6.45) is 0. The molecule has 0 saturated carbocycles. The van der Waals surface area contributed by atoms with E-state index in [1.165, 1.54) is 6.92 Å². The van der Waals surface area contributed by atoms with Crippen LogP contribution >= 0.6 is 0 Å². The number of Topliss-reactive ketones (excluding diaryl/α,β-unsaturated/α-hetero) is 1. The Morgan fingerprint density at radius 3 is 2.71 bits per heavy atom. The molecule has 0 N–H and O–H groups in total.